The molecule has 3 nitrogen and oxygen atoms in total. The van der Waals surface area contributed by atoms with Gasteiger partial charge in [-0.05, 0) is 30.7 Å². The summed E-state index contributed by atoms with van der Waals surface area (Å²) in [4.78, 5) is 11.0. The maximum atomic E-state index is 11.0. The van der Waals surface area contributed by atoms with Gasteiger partial charge >= 0.3 is 0 Å². The van der Waals surface area contributed by atoms with Crippen LogP contribution in [0.5, 0.6) is 0 Å². The van der Waals surface area contributed by atoms with Gasteiger partial charge in [0, 0.05) is 32.4 Å². The van der Waals surface area contributed by atoms with E-state index in [0.717, 1.165) is 44.9 Å². The van der Waals surface area contributed by atoms with Crippen LogP contribution in [0.25, 0.3) is 0 Å². The lowest BCUT2D eigenvalue weighted by molar-refractivity contribution is -0.109. The molecule has 4 heteroatoms. The second-order valence-electron chi connectivity index (χ2n) is 4.61. The molecule has 2 aliphatic heterocycles. The highest BCUT2D eigenvalue weighted by atomic mass is 32.2. The number of nitrogens with one attached hydrogen (secondary N) is 1. The first kappa shape index (κ1) is 11.4. The fourth-order valence-corrected chi connectivity index (χ4v) is 3.58. The molecule has 0 amide bonds. The predicted molar refractivity (Wildman–Crippen MR) is 62.0 cm³/mol. The largest absolute Gasteiger partial charge is 0.381 e. The Balaban J connectivity index is 1.94. The summed E-state index contributed by atoms with van der Waals surface area (Å²) < 4.78 is 5.43. The molecule has 1 N–H and O–H groups in total. The zero-order chi connectivity index (χ0) is 10.7. The molecule has 0 aromatic rings. The van der Waals surface area contributed by atoms with Crippen molar-refractivity contribution in [2.45, 2.75) is 19.8 Å². The number of ether oxygens (including phenoxy) is 1. The number of rotatable bonds is 2. The lowest BCUT2D eigenvalue weighted by Gasteiger charge is -2.37. The highest BCUT2D eigenvalue weighted by Crippen LogP contribution is 2.42. The van der Waals surface area contributed by atoms with Crippen LogP contribution >= 0.6 is 11.8 Å². The van der Waals surface area contributed by atoms with Gasteiger partial charge in [0.15, 0.2) is 5.12 Å². The molecule has 2 rings (SSSR count). The molecule has 0 saturated carbocycles. The third-order valence-electron chi connectivity index (χ3n) is 3.71. The van der Waals surface area contributed by atoms with Crippen molar-refractivity contribution >= 4 is 16.9 Å². The minimum absolute atomic E-state index is 0.240. The van der Waals surface area contributed by atoms with E-state index in [9.17, 15) is 4.79 Å². The molecule has 2 aliphatic rings. The summed E-state index contributed by atoms with van der Waals surface area (Å²) in [7, 11) is 0. The van der Waals surface area contributed by atoms with Crippen molar-refractivity contribution in [3.8, 4) is 0 Å². The Bertz CT molecular complexity index is 239. The van der Waals surface area contributed by atoms with Crippen LogP contribution < -0.4 is 5.32 Å². The molecule has 2 fully saturated rings. The summed E-state index contributed by atoms with van der Waals surface area (Å²) in [6.45, 7) is 5.62. The van der Waals surface area contributed by atoms with Gasteiger partial charge in [0.1, 0.15) is 0 Å². The Morgan fingerprint density at radius 1 is 1.53 bits per heavy atom. The molecule has 2 saturated heterocycles. The van der Waals surface area contributed by atoms with Gasteiger partial charge in [-0.1, -0.05) is 11.8 Å². The molecule has 15 heavy (non-hydrogen) atoms. The van der Waals surface area contributed by atoms with E-state index in [1.54, 1.807) is 6.92 Å². The van der Waals surface area contributed by atoms with Crippen molar-refractivity contribution in [2.24, 2.45) is 11.3 Å². The van der Waals surface area contributed by atoms with Crippen LogP contribution in [0.1, 0.15) is 19.8 Å². The summed E-state index contributed by atoms with van der Waals surface area (Å²) in [5, 5.41) is 3.72. The van der Waals surface area contributed by atoms with Gasteiger partial charge in [0.25, 0.3) is 0 Å². The zero-order valence-electron chi connectivity index (χ0n) is 9.25. The molecule has 1 spiro atoms. The minimum atomic E-state index is 0.240. The molecule has 0 aromatic carbocycles. The Morgan fingerprint density at radius 3 is 2.93 bits per heavy atom. The van der Waals surface area contributed by atoms with E-state index in [2.05, 4.69) is 5.32 Å². The van der Waals surface area contributed by atoms with E-state index in [4.69, 9.17) is 4.74 Å². The molecular formula is C11H19NO2S. The van der Waals surface area contributed by atoms with Crippen molar-refractivity contribution in [3.05, 3.63) is 0 Å². The average Bonchev–Trinajstić information content (AvgIpc) is 2.59. The summed E-state index contributed by atoms with van der Waals surface area (Å²) >= 11 is 1.48. The summed E-state index contributed by atoms with van der Waals surface area (Å²) in [5.74, 6) is 1.62. The first-order valence-corrected chi connectivity index (χ1v) is 6.63. The minimum Gasteiger partial charge on any atom is -0.381 e. The Labute approximate surface area is 95.3 Å². The third-order valence-corrected chi connectivity index (χ3v) is 4.69. The van der Waals surface area contributed by atoms with Gasteiger partial charge in [0.05, 0.1) is 0 Å². The summed E-state index contributed by atoms with van der Waals surface area (Å²) in [5.41, 5.74) is 0.417. The Kier molecular flexibility index (Phi) is 3.69. The molecule has 2 heterocycles. The maximum Gasteiger partial charge on any atom is 0.185 e. The van der Waals surface area contributed by atoms with Crippen molar-refractivity contribution in [3.63, 3.8) is 0 Å². The first-order valence-electron chi connectivity index (χ1n) is 5.65. The first-order chi connectivity index (χ1) is 7.23. The fourth-order valence-electron chi connectivity index (χ4n) is 2.67. The topological polar surface area (TPSA) is 38.3 Å². The Hall–Kier alpha value is -0.0600. The monoisotopic (exact) mass is 229 g/mol. The number of thioether (sulfide) groups is 1. The van der Waals surface area contributed by atoms with Crippen molar-refractivity contribution in [2.75, 3.05) is 32.1 Å². The second kappa shape index (κ2) is 4.85. The lowest BCUT2D eigenvalue weighted by Crippen LogP contribution is -2.37. The second-order valence-corrected chi connectivity index (χ2v) is 5.80. The van der Waals surface area contributed by atoms with Crippen molar-refractivity contribution < 1.29 is 9.53 Å². The van der Waals surface area contributed by atoms with E-state index in [-0.39, 0.29) is 5.12 Å². The van der Waals surface area contributed by atoms with Gasteiger partial charge in [-0.15, -0.1) is 0 Å². The zero-order valence-corrected chi connectivity index (χ0v) is 10.1. The molecule has 0 aromatic heterocycles. The van der Waals surface area contributed by atoms with Gasteiger partial charge in [0.2, 0.25) is 0 Å². The average molecular weight is 229 g/mol. The molecule has 86 valence electrons. The number of carbonyl (C=O) groups excluding carboxylic acids is 1. The van der Waals surface area contributed by atoms with Crippen LogP contribution in [0.4, 0.5) is 0 Å². The summed E-state index contributed by atoms with van der Waals surface area (Å²) in [6.07, 6.45) is 2.31. The molecule has 0 bridgehead atoms. The number of carbonyl (C=O) groups is 1. The fraction of sp³-hybridized carbons (Fsp3) is 0.909. The van der Waals surface area contributed by atoms with Crippen LogP contribution in [-0.2, 0) is 9.53 Å². The van der Waals surface area contributed by atoms with E-state index >= 15 is 0 Å². The SMILES string of the molecule is CC(=O)SCC1CNCC12CCOCC2. The van der Waals surface area contributed by atoms with Crippen LogP contribution in [0.15, 0.2) is 0 Å². The predicted octanol–water partition coefficient (Wildman–Crippen LogP) is 1.28. The quantitative estimate of drug-likeness (QED) is 0.774. The normalized spacial score (nSPS) is 29.5. The highest BCUT2D eigenvalue weighted by molar-refractivity contribution is 8.13. The molecular weight excluding hydrogens is 210 g/mol. The van der Waals surface area contributed by atoms with E-state index < -0.39 is 0 Å². The van der Waals surface area contributed by atoms with Gasteiger partial charge in [-0.3, -0.25) is 4.79 Å². The molecule has 1 unspecified atom stereocenters. The van der Waals surface area contributed by atoms with Gasteiger partial charge in [-0.2, -0.15) is 0 Å². The number of hydrogen-bond acceptors (Lipinski definition) is 4. The van der Waals surface area contributed by atoms with Crippen molar-refractivity contribution in [1.29, 1.82) is 0 Å². The van der Waals surface area contributed by atoms with Gasteiger partial charge < -0.3 is 10.1 Å². The molecule has 0 aliphatic carbocycles. The third kappa shape index (κ3) is 2.55. The van der Waals surface area contributed by atoms with Crippen LogP contribution in [-0.4, -0.2) is 37.2 Å². The van der Waals surface area contributed by atoms with Crippen molar-refractivity contribution in [1.82, 2.24) is 5.32 Å². The lowest BCUT2D eigenvalue weighted by atomic mass is 9.73. The van der Waals surface area contributed by atoms with E-state index in [1.807, 2.05) is 0 Å². The standard InChI is InChI=1S/C11H19NO2S/c1-9(13)15-7-10-6-12-8-11(10)2-4-14-5-3-11/h10,12H,2-8H2,1H3. The van der Waals surface area contributed by atoms with E-state index in [0.29, 0.717) is 11.3 Å². The van der Waals surface area contributed by atoms with Gasteiger partial charge in [-0.25, -0.2) is 0 Å². The molecule has 1 atom stereocenters. The van der Waals surface area contributed by atoms with Crippen LogP contribution in [0, 0.1) is 11.3 Å². The van der Waals surface area contributed by atoms with Crippen LogP contribution in [0.2, 0.25) is 0 Å². The van der Waals surface area contributed by atoms with E-state index in [1.165, 1.54) is 11.8 Å². The Morgan fingerprint density at radius 2 is 2.27 bits per heavy atom. The maximum absolute atomic E-state index is 11.0. The number of hydrogen-bond donors (Lipinski definition) is 1. The van der Waals surface area contributed by atoms with Crippen LogP contribution in [0.3, 0.4) is 0 Å². The molecule has 0 radical (unpaired) electrons. The summed E-state index contributed by atoms with van der Waals surface area (Å²) in [6, 6.07) is 0. The smallest absolute Gasteiger partial charge is 0.185 e. The highest BCUT2D eigenvalue weighted by Gasteiger charge is 2.43.